The number of hydrogen-bond donors (Lipinski definition) is 0. The highest BCUT2D eigenvalue weighted by molar-refractivity contribution is 5.12. The fraction of sp³-hybridized carbons (Fsp3) is 0.750. The molecule has 4 rings (SSSR count). The lowest BCUT2D eigenvalue weighted by Crippen LogP contribution is -2.40. The van der Waals surface area contributed by atoms with Crippen LogP contribution in [0.4, 0.5) is 0 Å². The third kappa shape index (κ3) is 2.39. The van der Waals surface area contributed by atoms with E-state index in [1.807, 2.05) is 39.8 Å². The Kier molecular flexibility index (Phi) is 3.19. The van der Waals surface area contributed by atoms with E-state index >= 15 is 0 Å². The zero-order chi connectivity index (χ0) is 15.5. The van der Waals surface area contributed by atoms with Crippen molar-refractivity contribution in [3.05, 3.63) is 24.2 Å². The SMILES string of the molecule is CC1(C)O[C@H]2[C@@H]([C@@H]3COC(C)(C)O3)O[C@@H](c3ccco3)[C@H]2O1. The predicted molar refractivity (Wildman–Crippen MR) is 75.1 cm³/mol. The summed E-state index contributed by atoms with van der Waals surface area (Å²) in [4.78, 5) is 0. The summed E-state index contributed by atoms with van der Waals surface area (Å²) < 4.78 is 35.5. The van der Waals surface area contributed by atoms with Gasteiger partial charge >= 0.3 is 0 Å². The molecule has 0 N–H and O–H groups in total. The quantitative estimate of drug-likeness (QED) is 0.836. The van der Waals surface area contributed by atoms with E-state index < -0.39 is 11.6 Å². The second-order valence-electron chi connectivity index (χ2n) is 6.97. The molecule has 3 aliphatic rings. The third-order valence-corrected chi connectivity index (χ3v) is 4.31. The van der Waals surface area contributed by atoms with Crippen LogP contribution in [0.1, 0.15) is 39.6 Å². The Balaban J connectivity index is 1.60. The summed E-state index contributed by atoms with van der Waals surface area (Å²) in [6.07, 6.45) is 0.508. The first kappa shape index (κ1) is 14.7. The van der Waals surface area contributed by atoms with Crippen LogP contribution in [0.25, 0.3) is 0 Å². The molecule has 0 spiro atoms. The number of fused-ring (bicyclic) bond motifs is 1. The van der Waals surface area contributed by atoms with Crippen molar-refractivity contribution in [2.24, 2.45) is 0 Å². The molecule has 122 valence electrons. The number of ether oxygens (including phenoxy) is 5. The summed E-state index contributed by atoms with van der Waals surface area (Å²) in [5, 5.41) is 0. The molecule has 3 fully saturated rings. The van der Waals surface area contributed by atoms with E-state index in [2.05, 4.69) is 0 Å². The van der Waals surface area contributed by atoms with E-state index in [-0.39, 0.29) is 30.5 Å². The van der Waals surface area contributed by atoms with Gasteiger partial charge < -0.3 is 28.1 Å². The molecule has 5 atom stereocenters. The zero-order valence-electron chi connectivity index (χ0n) is 13.3. The van der Waals surface area contributed by atoms with Crippen molar-refractivity contribution in [3.8, 4) is 0 Å². The normalized spacial score (nSPS) is 42.6. The van der Waals surface area contributed by atoms with E-state index in [4.69, 9.17) is 28.1 Å². The summed E-state index contributed by atoms with van der Waals surface area (Å²) in [7, 11) is 0. The Hall–Kier alpha value is -0.920. The van der Waals surface area contributed by atoms with E-state index in [1.165, 1.54) is 0 Å². The van der Waals surface area contributed by atoms with Gasteiger partial charge in [0.15, 0.2) is 11.6 Å². The van der Waals surface area contributed by atoms with E-state index in [0.717, 1.165) is 5.76 Å². The van der Waals surface area contributed by atoms with Gasteiger partial charge in [0, 0.05) is 0 Å². The molecule has 3 saturated heterocycles. The summed E-state index contributed by atoms with van der Waals surface area (Å²) in [6, 6.07) is 3.75. The van der Waals surface area contributed by atoms with Crippen LogP contribution in [0.3, 0.4) is 0 Å². The van der Waals surface area contributed by atoms with Crippen molar-refractivity contribution >= 4 is 0 Å². The van der Waals surface area contributed by atoms with Crippen LogP contribution >= 0.6 is 0 Å². The van der Waals surface area contributed by atoms with Gasteiger partial charge in [0.2, 0.25) is 0 Å². The number of furan rings is 1. The fourth-order valence-electron chi connectivity index (χ4n) is 3.49. The van der Waals surface area contributed by atoms with Crippen molar-refractivity contribution in [3.63, 3.8) is 0 Å². The average Bonchev–Trinajstić information content (AvgIpc) is 3.12. The van der Waals surface area contributed by atoms with Crippen molar-refractivity contribution in [2.75, 3.05) is 6.61 Å². The van der Waals surface area contributed by atoms with Gasteiger partial charge in [-0.25, -0.2) is 0 Å². The van der Waals surface area contributed by atoms with Gasteiger partial charge in [0.25, 0.3) is 0 Å². The van der Waals surface area contributed by atoms with Crippen molar-refractivity contribution in [2.45, 2.75) is 69.8 Å². The largest absolute Gasteiger partial charge is 0.466 e. The Labute approximate surface area is 129 Å². The minimum atomic E-state index is -0.642. The predicted octanol–water partition coefficient (Wildman–Crippen LogP) is 2.39. The molecule has 0 radical (unpaired) electrons. The molecule has 0 aliphatic carbocycles. The number of hydrogen-bond acceptors (Lipinski definition) is 6. The van der Waals surface area contributed by atoms with Crippen LogP contribution in [0.2, 0.25) is 0 Å². The van der Waals surface area contributed by atoms with Crippen LogP contribution < -0.4 is 0 Å². The van der Waals surface area contributed by atoms with Crippen LogP contribution in [-0.4, -0.2) is 42.6 Å². The van der Waals surface area contributed by atoms with Gasteiger partial charge in [-0.05, 0) is 39.8 Å². The standard InChI is InChI=1S/C16H22O6/c1-15(2)18-8-10(20-15)12-14-13(21-16(3,4)22-14)11(19-12)9-6-5-7-17-9/h5-7,10-14H,8H2,1-4H3/t10-,11-,12+,13+,14-/m0/s1. The van der Waals surface area contributed by atoms with Gasteiger partial charge in [0.1, 0.15) is 36.3 Å². The molecular weight excluding hydrogens is 288 g/mol. The minimum absolute atomic E-state index is 0.181. The third-order valence-electron chi connectivity index (χ3n) is 4.31. The molecule has 6 nitrogen and oxygen atoms in total. The first-order chi connectivity index (χ1) is 10.3. The monoisotopic (exact) mass is 310 g/mol. The summed E-state index contributed by atoms with van der Waals surface area (Å²) >= 11 is 0. The maximum atomic E-state index is 6.19. The lowest BCUT2D eigenvalue weighted by molar-refractivity contribution is -0.208. The molecule has 0 unspecified atom stereocenters. The minimum Gasteiger partial charge on any atom is -0.466 e. The second kappa shape index (κ2) is 4.79. The van der Waals surface area contributed by atoms with Gasteiger partial charge in [0.05, 0.1) is 12.9 Å². The lowest BCUT2D eigenvalue weighted by Gasteiger charge is -2.26. The highest BCUT2D eigenvalue weighted by Crippen LogP contribution is 2.47. The maximum absolute atomic E-state index is 6.19. The maximum Gasteiger partial charge on any atom is 0.164 e. The Morgan fingerprint density at radius 1 is 0.955 bits per heavy atom. The van der Waals surface area contributed by atoms with Gasteiger partial charge in [-0.3, -0.25) is 0 Å². The molecular formula is C16H22O6. The van der Waals surface area contributed by atoms with Crippen LogP contribution in [0, 0.1) is 0 Å². The summed E-state index contributed by atoms with van der Waals surface area (Å²) in [6.45, 7) is 8.11. The van der Waals surface area contributed by atoms with Crippen LogP contribution in [0.5, 0.6) is 0 Å². The molecule has 0 amide bonds. The molecule has 0 saturated carbocycles. The van der Waals surface area contributed by atoms with E-state index in [9.17, 15) is 0 Å². The van der Waals surface area contributed by atoms with E-state index in [0.29, 0.717) is 6.61 Å². The first-order valence-corrected chi connectivity index (χ1v) is 7.71. The molecule has 4 heterocycles. The van der Waals surface area contributed by atoms with Crippen molar-refractivity contribution in [1.29, 1.82) is 0 Å². The molecule has 0 aromatic carbocycles. The van der Waals surface area contributed by atoms with Crippen LogP contribution in [0.15, 0.2) is 22.8 Å². The van der Waals surface area contributed by atoms with Crippen LogP contribution in [-0.2, 0) is 23.7 Å². The van der Waals surface area contributed by atoms with E-state index in [1.54, 1.807) is 6.26 Å². The van der Waals surface area contributed by atoms with Gasteiger partial charge in [-0.1, -0.05) is 0 Å². The highest BCUT2D eigenvalue weighted by Gasteiger charge is 2.59. The molecule has 6 heteroatoms. The van der Waals surface area contributed by atoms with Gasteiger partial charge in [-0.2, -0.15) is 0 Å². The van der Waals surface area contributed by atoms with Crippen molar-refractivity contribution < 1.29 is 28.1 Å². The molecule has 3 aliphatic heterocycles. The topological polar surface area (TPSA) is 59.3 Å². The number of rotatable bonds is 2. The second-order valence-corrected chi connectivity index (χ2v) is 6.97. The smallest absolute Gasteiger partial charge is 0.164 e. The van der Waals surface area contributed by atoms with Gasteiger partial charge in [-0.15, -0.1) is 0 Å². The average molecular weight is 310 g/mol. The summed E-state index contributed by atoms with van der Waals surface area (Å²) in [5.41, 5.74) is 0. The first-order valence-electron chi connectivity index (χ1n) is 7.71. The molecule has 1 aromatic heterocycles. The Morgan fingerprint density at radius 3 is 2.36 bits per heavy atom. The highest BCUT2D eigenvalue weighted by atomic mass is 16.8. The molecule has 1 aromatic rings. The lowest BCUT2D eigenvalue weighted by atomic mass is 10.0. The Bertz CT molecular complexity index is 537. The molecule has 0 bridgehead atoms. The summed E-state index contributed by atoms with van der Waals surface area (Å²) in [5.74, 6) is -0.490. The molecule has 22 heavy (non-hydrogen) atoms. The fourth-order valence-corrected chi connectivity index (χ4v) is 3.49. The Morgan fingerprint density at radius 2 is 1.73 bits per heavy atom. The zero-order valence-corrected chi connectivity index (χ0v) is 13.3. The van der Waals surface area contributed by atoms with Crippen molar-refractivity contribution in [1.82, 2.24) is 0 Å².